The van der Waals surface area contributed by atoms with Crippen LogP contribution in [0.1, 0.15) is 11.1 Å². The second-order valence-electron chi connectivity index (χ2n) is 6.59. The third-order valence-corrected chi connectivity index (χ3v) is 6.00. The van der Waals surface area contributed by atoms with Crippen LogP contribution in [0, 0.1) is 0 Å². The van der Waals surface area contributed by atoms with Gasteiger partial charge in [-0.05, 0) is 42.4 Å². The number of hydrogen-bond donors (Lipinski definition) is 0. The van der Waals surface area contributed by atoms with E-state index in [2.05, 4.69) is 4.90 Å². The van der Waals surface area contributed by atoms with Gasteiger partial charge in [0.25, 0.3) is 0 Å². The van der Waals surface area contributed by atoms with Crippen LogP contribution < -0.4 is 9.47 Å². The molecule has 0 aromatic heterocycles. The summed E-state index contributed by atoms with van der Waals surface area (Å²) < 4.78 is 37.0. The zero-order chi connectivity index (χ0) is 18.7. The Kier molecular flexibility index (Phi) is 5.50. The molecule has 26 heavy (non-hydrogen) atoms. The first-order valence-electron chi connectivity index (χ1n) is 8.45. The van der Waals surface area contributed by atoms with Gasteiger partial charge in [-0.25, -0.2) is 12.7 Å². The molecule has 3 rings (SSSR count). The average Bonchev–Trinajstić information content (AvgIpc) is 2.61. The van der Waals surface area contributed by atoms with Crippen molar-refractivity contribution in [1.29, 1.82) is 0 Å². The topological polar surface area (TPSA) is 59.1 Å². The van der Waals surface area contributed by atoms with Crippen molar-refractivity contribution < 1.29 is 17.9 Å². The molecule has 1 heterocycles. The Morgan fingerprint density at radius 1 is 0.885 bits per heavy atom. The van der Waals surface area contributed by atoms with Crippen LogP contribution in [0.2, 0.25) is 0 Å². The van der Waals surface area contributed by atoms with E-state index < -0.39 is 10.0 Å². The van der Waals surface area contributed by atoms with E-state index in [0.717, 1.165) is 29.2 Å². The molecule has 0 unspecified atom stereocenters. The molecule has 0 radical (unpaired) electrons. The standard InChI is InChI=1S/C19H24N2O4S/c1-20(2)26(22,23)17-6-4-5-15(11-17)13-21(3)14-16-7-8-18-19(12-16)25-10-9-24-18/h4-8,11-12H,9-10,13-14H2,1-3H3. The molecule has 0 amide bonds. The summed E-state index contributed by atoms with van der Waals surface area (Å²) in [5, 5.41) is 0. The molecule has 140 valence electrons. The fourth-order valence-corrected chi connectivity index (χ4v) is 3.85. The monoisotopic (exact) mass is 376 g/mol. The number of fused-ring (bicyclic) bond motifs is 1. The highest BCUT2D eigenvalue weighted by atomic mass is 32.2. The molecule has 1 aliphatic rings. The van der Waals surface area contributed by atoms with E-state index in [1.54, 1.807) is 18.2 Å². The Bertz CT molecular complexity index is 881. The van der Waals surface area contributed by atoms with Crippen LogP contribution in [0.25, 0.3) is 0 Å². The van der Waals surface area contributed by atoms with Crippen LogP contribution in [0.3, 0.4) is 0 Å². The normalized spacial score (nSPS) is 14.0. The maximum Gasteiger partial charge on any atom is 0.242 e. The lowest BCUT2D eigenvalue weighted by Gasteiger charge is -2.21. The molecule has 0 saturated carbocycles. The number of benzene rings is 2. The largest absolute Gasteiger partial charge is 0.486 e. The van der Waals surface area contributed by atoms with Crippen LogP contribution in [0.5, 0.6) is 11.5 Å². The lowest BCUT2D eigenvalue weighted by molar-refractivity contribution is 0.171. The summed E-state index contributed by atoms with van der Waals surface area (Å²) in [4.78, 5) is 2.44. The van der Waals surface area contributed by atoms with E-state index in [0.29, 0.717) is 24.7 Å². The lowest BCUT2D eigenvalue weighted by Crippen LogP contribution is -2.23. The number of sulfonamides is 1. The molecule has 0 bridgehead atoms. The third-order valence-electron chi connectivity index (χ3n) is 4.19. The molecule has 0 spiro atoms. The Labute approximate surface area is 155 Å². The van der Waals surface area contributed by atoms with Gasteiger partial charge in [0.15, 0.2) is 11.5 Å². The van der Waals surface area contributed by atoms with Gasteiger partial charge in [-0.3, -0.25) is 4.90 Å². The second-order valence-corrected chi connectivity index (χ2v) is 8.74. The first-order valence-corrected chi connectivity index (χ1v) is 9.89. The summed E-state index contributed by atoms with van der Waals surface area (Å²) in [6.45, 7) is 2.52. The van der Waals surface area contributed by atoms with Crippen molar-refractivity contribution in [2.24, 2.45) is 0 Å². The van der Waals surface area contributed by atoms with Crippen LogP contribution >= 0.6 is 0 Å². The predicted octanol–water partition coefficient (Wildman–Crippen LogP) is 2.34. The second kappa shape index (κ2) is 7.65. The first-order chi connectivity index (χ1) is 12.4. The Balaban J connectivity index is 1.70. The van der Waals surface area contributed by atoms with Crippen molar-refractivity contribution in [3.8, 4) is 11.5 Å². The van der Waals surface area contributed by atoms with Gasteiger partial charge in [0.05, 0.1) is 4.90 Å². The first kappa shape index (κ1) is 18.7. The summed E-state index contributed by atoms with van der Waals surface area (Å²) >= 11 is 0. The molecule has 6 nitrogen and oxygen atoms in total. The minimum absolute atomic E-state index is 0.313. The van der Waals surface area contributed by atoms with Gasteiger partial charge in [-0.2, -0.15) is 0 Å². The highest BCUT2D eigenvalue weighted by Crippen LogP contribution is 2.31. The molecular weight excluding hydrogens is 352 g/mol. The molecular formula is C19H24N2O4S. The van der Waals surface area contributed by atoms with E-state index in [9.17, 15) is 8.42 Å². The van der Waals surface area contributed by atoms with Crippen molar-refractivity contribution in [2.45, 2.75) is 18.0 Å². The van der Waals surface area contributed by atoms with E-state index in [1.165, 1.54) is 18.4 Å². The average molecular weight is 376 g/mol. The van der Waals surface area contributed by atoms with Gasteiger partial charge >= 0.3 is 0 Å². The van der Waals surface area contributed by atoms with E-state index in [-0.39, 0.29) is 0 Å². The molecule has 0 N–H and O–H groups in total. The minimum Gasteiger partial charge on any atom is -0.486 e. The van der Waals surface area contributed by atoms with Crippen LogP contribution in [0.15, 0.2) is 47.4 Å². The van der Waals surface area contributed by atoms with Crippen LogP contribution in [0.4, 0.5) is 0 Å². The third kappa shape index (κ3) is 4.17. The van der Waals surface area contributed by atoms with E-state index in [4.69, 9.17) is 9.47 Å². The van der Waals surface area contributed by atoms with Crippen molar-refractivity contribution in [1.82, 2.24) is 9.21 Å². The van der Waals surface area contributed by atoms with Crippen molar-refractivity contribution in [3.63, 3.8) is 0 Å². The molecule has 0 saturated heterocycles. The minimum atomic E-state index is -3.42. The molecule has 0 fully saturated rings. The van der Waals surface area contributed by atoms with Gasteiger partial charge in [0.1, 0.15) is 13.2 Å². The molecule has 0 aliphatic carbocycles. The Hall–Kier alpha value is -2.09. The highest BCUT2D eigenvalue weighted by Gasteiger charge is 2.17. The number of nitrogens with zero attached hydrogens (tertiary/aromatic N) is 2. The summed E-state index contributed by atoms with van der Waals surface area (Å²) in [6, 6.07) is 13.0. The summed E-state index contributed by atoms with van der Waals surface area (Å²) in [5.74, 6) is 1.56. The maximum atomic E-state index is 12.3. The van der Waals surface area contributed by atoms with Crippen LogP contribution in [-0.4, -0.2) is 52.0 Å². The van der Waals surface area contributed by atoms with Crippen LogP contribution in [-0.2, 0) is 23.1 Å². The Morgan fingerprint density at radius 3 is 2.23 bits per heavy atom. The van der Waals surface area contributed by atoms with Gasteiger partial charge in [0, 0.05) is 27.2 Å². The summed E-state index contributed by atoms with van der Waals surface area (Å²) in [5.41, 5.74) is 2.07. The summed E-state index contributed by atoms with van der Waals surface area (Å²) in [6.07, 6.45) is 0. The Morgan fingerprint density at radius 2 is 1.54 bits per heavy atom. The molecule has 2 aromatic rings. The maximum absolute atomic E-state index is 12.3. The fraction of sp³-hybridized carbons (Fsp3) is 0.368. The van der Waals surface area contributed by atoms with E-state index >= 15 is 0 Å². The van der Waals surface area contributed by atoms with Gasteiger partial charge in [-0.15, -0.1) is 0 Å². The highest BCUT2D eigenvalue weighted by molar-refractivity contribution is 7.89. The van der Waals surface area contributed by atoms with Gasteiger partial charge in [0.2, 0.25) is 10.0 Å². The zero-order valence-corrected chi connectivity index (χ0v) is 16.1. The van der Waals surface area contributed by atoms with Crippen molar-refractivity contribution in [3.05, 3.63) is 53.6 Å². The SMILES string of the molecule is CN(Cc1cccc(S(=O)(=O)N(C)C)c1)Cc1ccc2c(c1)OCCO2. The number of rotatable bonds is 6. The lowest BCUT2D eigenvalue weighted by atomic mass is 10.1. The molecule has 2 aromatic carbocycles. The fourth-order valence-electron chi connectivity index (χ4n) is 2.88. The quantitative estimate of drug-likeness (QED) is 0.775. The van der Waals surface area contributed by atoms with Gasteiger partial charge in [-0.1, -0.05) is 18.2 Å². The van der Waals surface area contributed by atoms with Crippen molar-refractivity contribution in [2.75, 3.05) is 34.4 Å². The number of ether oxygens (including phenoxy) is 2. The molecule has 0 atom stereocenters. The molecule has 7 heteroatoms. The zero-order valence-electron chi connectivity index (χ0n) is 15.3. The number of hydrogen-bond acceptors (Lipinski definition) is 5. The summed E-state index contributed by atoms with van der Waals surface area (Å²) in [7, 11) is 1.66. The van der Waals surface area contributed by atoms with Gasteiger partial charge < -0.3 is 9.47 Å². The van der Waals surface area contributed by atoms with E-state index in [1.807, 2.05) is 31.3 Å². The predicted molar refractivity (Wildman–Crippen MR) is 99.9 cm³/mol. The smallest absolute Gasteiger partial charge is 0.242 e. The van der Waals surface area contributed by atoms with Crippen molar-refractivity contribution >= 4 is 10.0 Å². The molecule has 1 aliphatic heterocycles.